The number of nitrogens with zero attached hydrogens (tertiary/aromatic N) is 1. The molecule has 390 valence electrons. The normalized spacial score (nSPS) is 14.9. The minimum absolute atomic E-state index is 0.522. The molecular formula is C81H49NO2. The van der Waals surface area contributed by atoms with Crippen molar-refractivity contribution in [1.82, 2.24) is 0 Å². The molecule has 3 nitrogen and oxygen atoms in total. The molecule has 0 unspecified atom stereocenters. The van der Waals surface area contributed by atoms with Crippen LogP contribution in [0.2, 0.25) is 0 Å². The first-order chi connectivity index (χ1) is 41.6. The maximum absolute atomic E-state index is 6.83. The average molecular weight is 1070 g/mol. The number of hydrogen-bond donors (Lipinski definition) is 0. The van der Waals surface area contributed by atoms with E-state index < -0.39 is 16.2 Å². The maximum atomic E-state index is 6.83. The quantitative estimate of drug-likeness (QED) is 0.175. The van der Waals surface area contributed by atoms with Crippen molar-refractivity contribution < 1.29 is 9.47 Å². The molecule has 3 heteroatoms. The number of para-hydroxylation sites is 4. The van der Waals surface area contributed by atoms with Crippen LogP contribution in [0.4, 0.5) is 17.1 Å². The Hall–Kier alpha value is -10.7. The van der Waals surface area contributed by atoms with Crippen LogP contribution >= 0.6 is 0 Å². The lowest BCUT2D eigenvalue weighted by atomic mass is 9.66. The highest BCUT2D eigenvalue weighted by Crippen LogP contribution is 2.67. The molecule has 0 radical (unpaired) electrons. The first-order valence-corrected chi connectivity index (χ1v) is 29.2. The summed E-state index contributed by atoms with van der Waals surface area (Å²) >= 11 is 0. The van der Waals surface area contributed by atoms with Crippen LogP contribution in [-0.2, 0) is 16.2 Å². The van der Waals surface area contributed by atoms with Gasteiger partial charge in [-0.05, 0) is 167 Å². The van der Waals surface area contributed by atoms with Crippen LogP contribution in [0.1, 0.15) is 66.8 Å². The van der Waals surface area contributed by atoms with E-state index in [-0.39, 0.29) is 0 Å². The highest BCUT2D eigenvalue weighted by atomic mass is 16.5. The van der Waals surface area contributed by atoms with E-state index >= 15 is 0 Å². The molecule has 13 aromatic carbocycles. The van der Waals surface area contributed by atoms with Crippen LogP contribution in [0.15, 0.2) is 297 Å². The van der Waals surface area contributed by atoms with Gasteiger partial charge < -0.3 is 14.4 Å². The SMILES string of the molecule is c1cc(-c2ccc3c(c2)-c2ccccc2C32c3ccccc3Oc3ccccc32)cc(N(c2ccc3c(c2)C2(c4ccccc4Oc4ccccc42)c2ccccc2-3)c2ccc3c(c2)C2(c4ccccc4-c4ccccc42)c2ccccc2-3)c1. The molecule has 2 aliphatic heterocycles. The van der Waals surface area contributed by atoms with E-state index in [1.165, 1.54) is 89.0 Å². The zero-order valence-corrected chi connectivity index (χ0v) is 45.6. The Morgan fingerprint density at radius 3 is 0.905 bits per heavy atom. The Balaban J connectivity index is 0.849. The molecule has 19 rings (SSSR count). The third kappa shape index (κ3) is 5.66. The Kier molecular flexibility index (Phi) is 9.13. The molecule has 0 bridgehead atoms. The van der Waals surface area contributed by atoms with Crippen LogP contribution in [0, 0.1) is 0 Å². The third-order valence-corrected chi connectivity index (χ3v) is 19.6. The van der Waals surface area contributed by atoms with Crippen molar-refractivity contribution in [3.63, 3.8) is 0 Å². The van der Waals surface area contributed by atoms with Crippen molar-refractivity contribution in [1.29, 1.82) is 0 Å². The van der Waals surface area contributed by atoms with Gasteiger partial charge in [0.1, 0.15) is 23.0 Å². The third-order valence-electron chi connectivity index (χ3n) is 19.6. The van der Waals surface area contributed by atoms with E-state index in [1.807, 2.05) is 0 Å². The summed E-state index contributed by atoms with van der Waals surface area (Å²) in [5.41, 5.74) is 28.7. The van der Waals surface area contributed by atoms with Gasteiger partial charge >= 0.3 is 0 Å². The fourth-order valence-electron chi connectivity index (χ4n) is 16.5. The Bertz CT molecular complexity index is 4870. The summed E-state index contributed by atoms with van der Waals surface area (Å²) in [5.74, 6) is 3.54. The summed E-state index contributed by atoms with van der Waals surface area (Å²) in [6.45, 7) is 0. The lowest BCUT2D eigenvalue weighted by Crippen LogP contribution is -2.32. The highest BCUT2D eigenvalue weighted by molar-refractivity contribution is 5.98. The van der Waals surface area contributed by atoms with Gasteiger partial charge in [-0.15, -0.1) is 0 Å². The molecule has 0 saturated carbocycles. The van der Waals surface area contributed by atoms with Gasteiger partial charge in [-0.25, -0.2) is 0 Å². The molecule has 2 heterocycles. The predicted molar refractivity (Wildman–Crippen MR) is 338 cm³/mol. The zero-order valence-electron chi connectivity index (χ0n) is 45.6. The first-order valence-electron chi connectivity index (χ1n) is 29.2. The van der Waals surface area contributed by atoms with Crippen molar-refractivity contribution in [2.45, 2.75) is 16.2 Å². The second-order valence-electron chi connectivity index (χ2n) is 23.3. The van der Waals surface area contributed by atoms with E-state index in [4.69, 9.17) is 9.47 Å². The van der Waals surface area contributed by atoms with Gasteiger partial charge in [-0.3, -0.25) is 0 Å². The fourth-order valence-corrected chi connectivity index (χ4v) is 16.5. The molecule has 3 spiro atoms. The predicted octanol–water partition coefficient (Wildman–Crippen LogP) is 20.1. The van der Waals surface area contributed by atoms with Crippen molar-refractivity contribution in [3.8, 4) is 78.6 Å². The van der Waals surface area contributed by atoms with Gasteiger partial charge in [0.25, 0.3) is 0 Å². The summed E-state index contributed by atoms with van der Waals surface area (Å²) in [4.78, 5) is 2.52. The number of benzene rings is 13. The second-order valence-corrected chi connectivity index (χ2v) is 23.3. The van der Waals surface area contributed by atoms with E-state index in [0.29, 0.717) is 0 Å². The molecule has 84 heavy (non-hydrogen) atoms. The minimum atomic E-state index is -0.647. The van der Waals surface area contributed by atoms with E-state index in [9.17, 15) is 0 Å². The lowest BCUT2D eigenvalue weighted by Gasteiger charge is -2.39. The summed E-state index contributed by atoms with van der Waals surface area (Å²) in [6, 6.07) is 111. The van der Waals surface area contributed by atoms with Crippen LogP contribution < -0.4 is 14.4 Å². The second kappa shape index (κ2) is 16.7. The monoisotopic (exact) mass is 1070 g/mol. The minimum Gasteiger partial charge on any atom is -0.457 e. The van der Waals surface area contributed by atoms with E-state index in [1.54, 1.807) is 0 Å². The van der Waals surface area contributed by atoms with Gasteiger partial charge in [-0.2, -0.15) is 0 Å². The van der Waals surface area contributed by atoms with Crippen LogP contribution in [0.25, 0.3) is 55.6 Å². The number of rotatable bonds is 4. The molecule has 0 atom stereocenters. The van der Waals surface area contributed by atoms with E-state index in [2.05, 4.69) is 302 Å². The number of ether oxygens (including phenoxy) is 2. The van der Waals surface area contributed by atoms with Gasteiger partial charge in [0.15, 0.2) is 0 Å². The molecule has 13 aromatic rings. The van der Waals surface area contributed by atoms with Gasteiger partial charge in [-0.1, -0.05) is 231 Å². The van der Waals surface area contributed by atoms with Crippen molar-refractivity contribution in [2.75, 3.05) is 4.90 Å². The van der Waals surface area contributed by atoms with Crippen molar-refractivity contribution in [3.05, 3.63) is 364 Å². The van der Waals surface area contributed by atoms with Crippen molar-refractivity contribution >= 4 is 17.1 Å². The standard InChI is InChI=1S/C81H49NO2/c1-6-27-63-55(22-1)56-23-2-7-28-64(56)79(63)65-29-8-3-24-57(65)60-43-41-53(48-73(60)79)82(54-42-44-61-58-25-4-9-30-66(58)81(74(61)49-54)71-34-13-17-38-77(71)84-78-39-18-14-35-72(78)81)52-21-19-20-50(46-52)51-40-45-68-62(47-51)59-26-5-10-31-67(59)80(68)69-32-11-15-36-75(69)83-76-37-16-12-33-70(76)80/h1-49H. The van der Waals surface area contributed by atoms with E-state index in [0.717, 1.165) is 73.4 Å². The topological polar surface area (TPSA) is 21.7 Å². The highest BCUT2D eigenvalue weighted by Gasteiger charge is 2.54. The molecule has 0 aromatic heterocycles. The molecule has 0 fully saturated rings. The number of fused-ring (bicyclic) bond motifs is 28. The van der Waals surface area contributed by atoms with Gasteiger partial charge in [0.2, 0.25) is 0 Å². The lowest BCUT2D eigenvalue weighted by molar-refractivity contribution is 0.436. The average Bonchev–Trinajstić information content (AvgIpc) is 1.56. The molecule has 4 aliphatic carbocycles. The molecule has 6 aliphatic rings. The first kappa shape index (κ1) is 45.9. The van der Waals surface area contributed by atoms with Crippen molar-refractivity contribution in [2.24, 2.45) is 0 Å². The van der Waals surface area contributed by atoms with Gasteiger partial charge in [0.05, 0.1) is 16.2 Å². The van der Waals surface area contributed by atoms with Crippen LogP contribution in [0.5, 0.6) is 23.0 Å². The summed E-state index contributed by atoms with van der Waals surface area (Å²) in [7, 11) is 0. The van der Waals surface area contributed by atoms with Crippen LogP contribution in [0.3, 0.4) is 0 Å². The Morgan fingerprint density at radius 1 is 0.190 bits per heavy atom. The summed E-state index contributed by atoms with van der Waals surface area (Å²) in [6.07, 6.45) is 0. The number of hydrogen-bond acceptors (Lipinski definition) is 3. The molecular weight excluding hydrogens is 1020 g/mol. The Labute approximate surface area is 487 Å². The summed E-state index contributed by atoms with van der Waals surface area (Å²) < 4.78 is 13.5. The largest absolute Gasteiger partial charge is 0.457 e. The zero-order chi connectivity index (χ0) is 54.9. The molecule has 0 saturated heterocycles. The smallest absolute Gasteiger partial charge is 0.132 e. The number of anilines is 3. The molecule has 0 N–H and O–H groups in total. The van der Waals surface area contributed by atoms with Crippen LogP contribution in [-0.4, -0.2) is 0 Å². The maximum Gasteiger partial charge on any atom is 0.132 e. The molecule has 0 amide bonds. The summed E-state index contributed by atoms with van der Waals surface area (Å²) in [5, 5.41) is 0. The van der Waals surface area contributed by atoms with Gasteiger partial charge in [0, 0.05) is 39.3 Å². The fraction of sp³-hybridized carbons (Fsp3) is 0.0370. The Morgan fingerprint density at radius 2 is 0.488 bits per heavy atom.